The van der Waals surface area contributed by atoms with E-state index in [1.165, 1.54) is 0 Å². The largest absolute Gasteiger partial charge is 2.00 e. The molecule has 5 heterocycles. The SMILES string of the molecule is CC(C)(O)C#Cc1cc[c-]c(-c2ccccn2)c1.F[P-](F)(F)(F)(F)F.[Ru+2].c1ccc(-c2ccccn2)nc1.c1ccc(-c2ccccn2)nc1. The number of hydrogen-bond donors (Lipinski definition) is 1. The molecule has 0 spiro atoms. The van der Waals surface area contributed by atoms with Crippen LogP contribution in [-0.2, 0) is 19.5 Å². The van der Waals surface area contributed by atoms with Gasteiger partial charge in [-0.3, -0.25) is 19.9 Å². The van der Waals surface area contributed by atoms with Crippen molar-refractivity contribution in [1.82, 2.24) is 24.9 Å². The van der Waals surface area contributed by atoms with Gasteiger partial charge in [-0.05, 0) is 74.1 Å². The summed E-state index contributed by atoms with van der Waals surface area (Å²) in [5.74, 6) is 5.74. The molecular weight excluding hydrogens is 764 g/mol. The average Bonchev–Trinajstić information content (AvgIpc) is 3.08. The minimum Gasteiger partial charge on any atom is -0.255 e. The van der Waals surface area contributed by atoms with Crippen molar-refractivity contribution in [3.63, 3.8) is 0 Å². The van der Waals surface area contributed by atoms with Crippen molar-refractivity contribution < 1.29 is 49.8 Å². The van der Waals surface area contributed by atoms with E-state index in [9.17, 15) is 30.3 Å². The Morgan fingerprint density at radius 3 is 1.16 bits per heavy atom. The summed E-state index contributed by atoms with van der Waals surface area (Å²) in [6.45, 7) is 3.32. The van der Waals surface area contributed by atoms with Crippen LogP contribution >= 0.6 is 7.81 Å². The van der Waals surface area contributed by atoms with Crippen LogP contribution in [0.1, 0.15) is 19.4 Å². The second-order valence-corrected chi connectivity index (χ2v) is 12.2. The second kappa shape index (κ2) is 17.7. The van der Waals surface area contributed by atoms with Crippen molar-refractivity contribution >= 4 is 7.81 Å². The van der Waals surface area contributed by atoms with Crippen molar-refractivity contribution in [3.8, 4) is 45.9 Å². The van der Waals surface area contributed by atoms with Crippen LogP contribution in [0.5, 0.6) is 0 Å². The van der Waals surface area contributed by atoms with Crippen molar-refractivity contribution in [3.05, 3.63) is 152 Å². The van der Waals surface area contributed by atoms with E-state index >= 15 is 0 Å². The molecule has 0 saturated heterocycles. The Labute approximate surface area is 298 Å². The molecule has 1 aromatic carbocycles. The van der Waals surface area contributed by atoms with Gasteiger partial charge in [-0.15, -0.1) is 29.8 Å². The van der Waals surface area contributed by atoms with Crippen LogP contribution < -0.4 is 0 Å². The molecule has 0 bridgehead atoms. The Kier molecular flexibility index (Phi) is 14.6. The van der Waals surface area contributed by atoms with E-state index in [-0.39, 0.29) is 19.5 Å². The monoisotopic (exact) mass is 795 g/mol. The first kappa shape index (κ1) is 41.3. The van der Waals surface area contributed by atoms with Crippen LogP contribution in [0.25, 0.3) is 34.0 Å². The Hall–Kier alpha value is -4.88. The summed E-state index contributed by atoms with van der Waals surface area (Å²) >= 11 is 0. The standard InChI is InChI=1S/C16H14NO.2C10H8N2.F6P.Ru/c1-16(2,18)10-9-13-6-5-7-14(12-13)15-8-3-4-11-17-15;2*1-3-7-11-9(5-1)10-6-2-4-8-12-10;1-7(2,3,4,5)6;/h3-6,8,11-12,18H,1-2H3;2*1-8H;;/q-1;;;-1;+2. The molecule has 0 unspecified atom stereocenters. The molecule has 0 aliphatic carbocycles. The topological polar surface area (TPSA) is 84.7 Å². The van der Waals surface area contributed by atoms with E-state index < -0.39 is 13.4 Å². The summed E-state index contributed by atoms with van der Waals surface area (Å²) in [7, 11) is -10.7. The van der Waals surface area contributed by atoms with Gasteiger partial charge in [-0.25, -0.2) is 0 Å². The number of hydrogen-bond acceptors (Lipinski definition) is 6. The molecule has 6 rings (SSSR count). The maximum atomic E-state index is 9.87. The van der Waals surface area contributed by atoms with Gasteiger partial charge in [0.15, 0.2) is 0 Å². The summed E-state index contributed by atoms with van der Waals surface area (Å²) in [6.07, 6.45) is 8.82. The summed E-state index contributed by atoms with van der Waals surface area (Å²) in [6, 6.07) is 37.7. The van der Waals surface area contributed by atoms with Crippen LogP contribution in [0.4, 0.5) is 25.2 Å². The first-order chi connectivity index (χ1) is 22.9. The first-order valence-electron chi connectivity index (χ1n) is 14.3. The Morgan fingerprint density at radius 2 is 0.880 bits per heavy atom. The van der Waals surface area contributed by atoms with Gasteiger partial charge in [0.25, 0.3) is 0 Å². The van der Waals surface area contributed by atoms with E-state index in [0.29, 0.717) is 0 Å². The van der Waals surface area contributed by atoms with E-state index in [2.05, 4.69) is 42.8 Å². The fourth-order valence-electron chi connectivity index (χ4n) is 3.50. The first-order valence-corrected chi connectivity index (χ1v) is 16.4. The maximum absolute atomic E-state index is 10.7. The quantitative estimate of drug-likeness (QED) is 0.0632. The molecule has 0 saturated carbocycles. The van der Waals surface area contributed by atoms with Gasteiger partial charge < -0.3 is 10.1 Å². The number of pyridine rings is 5. The molecule has 6 aromatic rings. The number of aliphatic hydroxyl groups is 1. The number of nitrogens with zero attached hydrogens (tertiary/aromatic N) is 5. The summed E-state index contributed by atoms with van der Waals surface area (Å²) in [5, 5.41) is 9.57. The van der Waals surface area contributed by atoms with E-state index in [0.717, 1.165) is 39.6 Å². The van der Waals surface area contributed by atoms with Gasteiger partial charge in [0, 0.05) is 31.0 Å². The van der Waals surface area contributed by atoms with Crippen molar-refractivity contribution in [2.75, 3.05) is 0 Å². The molecule has 0 aliphatic rings. The Bertz CT molecular complexity index is 1770. The minimum atomic E-state index is -10.7. The fourth-order valence-corrected chi connectivity index (χ4v) is 3.50. The van der Waals surface area contributed by atoms with Crippen LogP contribution in [-0.4, -0.2) is 35.6 Å². The number of halogens is 6. The molecule has 0 atom stereocenters. The zero-order valence-corrected chi connectivity index (χ0v) is 29.2. The van der Waals surface area contributed by atoms with E-state index in [1.54, 1.807) is 44.8 Å². The zero-order chi connectivity index (χ0) is 35.9. The smallest absolute Gasteiger partial charge is 0.255 e. The zero-order valence-electron chi connectivity index (χ0n) is 26.5. The second-order valence-electron chi connectivity index (χ2n) is 10.3. The van der Waals surface area contributed by atoms with Crippen molar-refractivity contribution in [2.45, 2.75) is 19.4 Å². The molecule has 5 aromatic heterocycles. The van der Waals surface area contributed by atoms with Gasteiger partial charge in [0.2, 0.25) is 0 Å². The predicted octanol–water partition coefficient (Wildman–Crippen LogP) is 10.3. The van der Waals surface area contributed by atoms with Crippen LogP contribution in [0.15, 0.2) is 140 Å². The number of aromatic nitrogens is 5. The average molecular weight is 795 g/mol. The van der Waals surface area contributed by atoms with Crippen molar-refractivity contribution in [1.29, 1.82) is 0 Å². The fraction of sp³-hybridized carbons (Fsp3) is 0.0833. The molecule has 1 N–H and O–H groups in total. The maximum Gasteiger partial charge on any atom is 2.00 e. The van der Waals surface area contributed by atoms with Gasteiger partial charge in [-0.2, -0.15) is 0 Å². The Morgan fingerprint density at radius 1 is 0.560 bits per heavy atom. The molecular formula is C36H30F6N5OPRu. The van der Waals surface area contributed by atoms with Crippen molar-refractivity contribution in [2.24, 2.45) is 0 Å². The van der Waals surface area contributed by atoms with Crippen LogP contribution in [0.3, 0.4) is 0 Å². The third-order valence-electron chi connectivity index (χ3n) is 5.44. The van der Waals surface area contributed by atoms with E-state index in [4.69, 9.17) is 0 Å². The molecule has 0 aliphatic heterocycles. The Balaban J connectivity index is 0.000000241. The van der Waals surface area contributed by atoms with E-state index in [1.807, 2.05) is 109 Å². The molecule has 50 heavy (non-hydrogen) atoms. The van der Waals surface area contributed by atoms with Gasteiger partial charge in [0.1, 0.15) is 5.60 Å². The molecule has 0 fully saturated rings. The predicted molar refractivity (Wildman–Crippen MR) is 180 cm³/mol. The molecule has 14 heteroatoms. The third-order valence-corrected chi connectivity index (χ3v) is 5.44. The third kappa shape index (κ3) is 19.2. The molecule has 0 radical (unpaired) electrons. The molecule has 6 nitrogen and oxygen atoms in total. The van der Waals surface area contributed by atoms with Crippen LogP contribution in [0.2, 0.25) is 0 Å². The minimum absolute atomic E-state index is 0. The summed E-state index contributed by atoms with van der Waals surface area (Å²) < 4.78 is 59.2. The van der Waals surface area contributed by atoms with Crippen LogP contribution in [0, 0.1) is 17.9 Å². The van der Waals surface area contributed by atoms with Gasteiger partial charge in [0.05, 0.1) is 22.8 Å². The number of benzene rings is 1. The number of rotatable bonds is 3. The molecule has 0 amide bonds. The molecule has 260 valence electrons. The summed E-state index contributed by atoms with van der Waals surface area (Å²) in [4.78, 5) is 21.0. The normalized spacial score (nSPS) is 11.7. The van der Waals surface area contributed by atoms with Gasteiger partial charge >= 0.3 is 52.5 Å². The summed E-state index contributed by atoms with van der Waals surface area (Å²) in [5.41, 5.74) is 5.29. The van der Waals surface area contributed by atoms with Gasteiger partial charge in [-0.1, -0.05) is 53.8 Å².